The monoisotopic (exact) mass is 309 g/mol. The van der Waals surface area contributed by atoms with Crippen LogP contribution in [0.5, 0.6) is 0 Å². The summed E-state index contributed by atoms with van der Waals surface area (Å²) in [6.45, 7) is 4.35. The molecule has 3 heteroatoms. The quantitative estimate of drug-likeness (QED) is 0.938. The number of ketones is 1. The number of benzene rings is 2. The number of carbonyl (C=O) groups is 1. The zero-order valence-corrected chi connectivity index (χ0v) is 13.5. The molecule has 0 bridgehead atoms. The van der Waals surface area contributed by atoms with Gasteiger partial charge >= 0.3 is 0 Å². The van der Waals surface area contributed by atoms with Crippen LogP contribution >= 0.6 is 0 Å². The maximum Gasteiger partial charge on any atom is 0.135 e. The standard InChI is InChI=1S/C20H23NO2/c1-15(22)16-6-4-7-17(13-16)20-8-3-2-5-18(20)14-21-11-9-19(23)10-12-21/h2-8,13,15,22H,9-12,14H2,1H3/t15-/m1/s1. The smallest absolute Gasteiger partial charge is 0.135 e. The van der Waals surface area contributed by atoms with Crippen LogP contribution in [-0.4, -0.2) is 28.9 Å². The number of carbonyl (C=O) groups excluding carboxylic acids is 1. The van der Waals surface area contributed by atoms with Crippen molar-refractivity contribution in [2.45, 2.75) is 32.4 Å². The van der Waals surface area contributed by atoms with E-state index in [1.54, 1.807) is 6.92 Å². The number of aliphatic hydroxyl groups is 1. The van der Waals surface area contributed by atoms with Crippen molar-refractivity contribution in [3.05, 3.63) is 59.7 Å². The summed E-state index contributed by atoms with van der Waals surface area (Å²) in [6, 6.07) is 16.5. The lowest BCUT2D eigenvalue weighted by atomic mass is 9.96. The molecule has 1 saturated heterocycles. The van der Waals surface area contributed by atoms with E-state index in [0.717, 1.165) is 30.8 Å². The number of Topliss-reactive ketones (excluding diaryl/α,β-unsaturated/α-hetero) is 1. The van der Waals surface area contributed by atoms with Gasteiger partial charge in [0.15, 0.2) is 0 Å². The average Bonchev–Trinajstić information content (AvgIpc) is 2.57. The van der Waals surface area contributed by atoms with E-state index in [-0.39, 0.29) is 0 Å². The van der Waals surface area contributed by atoms with Crippen molar-refractivity contribution in [1.29, 1.82) is 0 Å². The Hall–Kier alpha value is -1.97. The largest absolute Gasteiger partial charge is 0.389 e. The van der Waals surface area contributed by atoms with E-state index in [9.17, 15) is 9.90 Å². The lowest BCUT2D eigenvalue weighted by Crippen LogP contribution is -2.33. The average molecular weight is 309 g/mol. The second-order valence-electron chi connectivity index (χ2n) is 6.27. The Morgan fingerprint density at radius 2 is 1.83 bits per heavy atom. The maximum atomic E-state index is 11.4. The Kier molecular flexibility index (Phi) is 4.89. The number of likely N-dealkylation sites (tertiary alicyclic amines) is 1. The zero-order valence-electron chi connectivity index (χ0n) is 13.5. The van der Waals surface area contributed by atoms with Crippen molar-refractivity contribution in [2.75, 3.05) is 13.1 Å². The van der Waals surface area contributed by atoms with Gasteiger partial charge in [0.1, 0.15) is 5.78 Å². The molecular weight excluding hydrogens is 286 g/mol. The summed E-state index contributed by atoms with van der Waals surface area (Å²) in [4.78, 5) is 13.7. The molecule has 0 amide bonds. The van der Waals surface area contributed by atoms with Gasteiger partial charge < -0.3 is 5.11 Å². The molecular formula is C20H23NO2. The van der Waals surface area contributed by atoms with Crippen LogP contribution in [0.25, 0.3) is 11.1 Å². The lowest BCUT2D eigenvalue weighted by molar-refractivity contribution is -0.121. The van der Waals surface area contributed by atoms with Crippen molar-refractivity contribution in [3.8, 4) is 11.1 Å². The van der Waals surface area contributed by atoms with E-state index in [0.29, 0.717) is 18.6 Å². The topological polar surface area (TPSA) is 40.5 Å². The Morgan fingerprint density at radius 1 is 1.09 bits per heavy atom. The summed E-state index contributed by atoms with van der Waals surface area (Å²) in [5.74, 6) is 0.374. The molecule has 3 nitrogen and oxygen atoms in total. The minimum atomic E-state index is -0.463. The Bertz CT molecular complexity index is 684. The fraction of sp³-hybridized carbons (Fsp3) is 0.350. The van der Waals surface area contributed by atoms with Crippen molar-refractivity contribution < 1.29 is 9.90 Å². The van der Waals surface area contributed by atoms with Crippen molar-refractivity contribution in [3.63, 3.8) is 0 Å². The minimum absolute atomic E-state index is 0.374. The molecule has 2 aromatic rings. The molecule has 1 heterocycles. The molecule has 1 atom stereocenters. The molecule has 1 aliphatic heterocycles. The molecule has 0 saturated carbocycles. The van der Waals surface area contributed by atoms with Gasteiger partial charge in [-0.05, 0) is 35.2 Å². The van der Waals surface area contributed by atoms with Crippen LogP contribution in [0, 0.1) is 0 Å². The molecule has 0 radical (unpaired) electrons. The molecule has 23 heavy (non-hydrogen) atoms. The number of nitrogens with zero attached hydrogens (tertiary/aromatic N) is 1. The van der Waals surface area contributed by atoms with Crippen LogP contribution in [0.4, 0.5) is 0 Å². The Balaban J connectivity index is 1.86. The molecule has 1 aliphatic rings. The predicted molar refractivity (Wildman–Crippen MR) is 92.0 cm³/mol. The van der Waals surface area contributed by atoms with Gasteiger partial charge in [0.2, 0.25) is 0 Å². The number of rotatable bonds is 4. The summed E-state index contributed by atoms with van der Waals surface area (Å²) < 4.78 is 0. The summed E-state index contributed by atoms with van der Waals surface area (Å²) in [6.07, 6.45) is 0.870. The van der Waals surface area contributed by atoms with Gasteiger partial charge in [-0.1, -0.05) is 42.5 Å². The van der Waals surface area contributed by atoms with Crippen LogP contribution in [-0.2, 0) is 11.3 Å². The van der Waals surface area contributed by atoms with Crippen LogP contribution in [0.3, 0.4) is 0 Å². The second-order valence-corrected chi connectivity index (χ2v) is 6.27. The third-order valence-electron chi connectivity index (χ3n) is 4.51. The summed E-state index contributed by atoms with van der Waals surface area (Å²) >= 11 is 0. The van der Waals surface area contributed by atoms with Crippen LogP contribution in [0.2, 0.25) is 0 Å². The number of hydrogen-bond donors (Lipinski definition) is 1. The first-order chi connectivity index (χ1) is 11.1. The van der Waals surface area contributed by atoms with Crippen molar-refractivity contribution >= 4 is 5.78 Å². The molecule has 0 unspecified atom stereocenters. The van der Waals surface area contributed by atoms with Crippen LogP contribution in [0.15, 0.2) is 48.5 Å². The van der Waals surface area contributed by atoms with E-state index in [4.69, 9.17) is 0 Å². The van der Waals surface area contributed by atoms with E-state index in [1.807, 2.05) is 18.2 Å². The lowest BCUT2D eigenvalue weighted by Gasteiger charge is -2.26. The molecule has 1 N–H and O–H groups in total. The van der Waals surface area contributed by atoms with E-state index in [1.165, 1.54) is 11.1 Å². The SMILES string of the molecule is C[C@@H](O)c1cccc(-c2ccccc2CN2CCC(=O)CC2)c1. The van der Waals surface area contributed by atoms with E-state index >= 15 is 0 Å². The molecule has 0 aliphatic carbocycles. The molecule has 120 valence electrons. The summed E-state index contributed by atoms with van der Waals surface area (Å²) in [5, 5.41) is 9.81. The number of hydrogen-bond acceptors (Lipinski definition) is 3. The predicted octanol–water partition coefficient (Wildman–Crippen LogP) is 3.57. The van der Waals surface area contributed by atoms with Gasteiger partial charge in [0.05, 0.1) is 6.10 Å². The fourth-order valence-electron chi connectivity index (χ4n) is 3.11. The maximum absolute atomic E-state index is 11.4. The highest BCUT2D eigenvalue weighted by Crippen LogP contribution is 2.27. The molecule has 0 aromatic heterocycles. The normalized spacial score (nSPS) is 17.2. The van der Waals surface area contributed by atoms with E-state index in [2.05, 4.69) is 35.2 Å². The molecule has 2 aromatic carbocycles. The van der Waals surface area contributed by atoms with Crippen LogP contribution < -0.4 is 0 Å². The van der Waals surface area contributed by atoms with Gasteiger partial charge in [-0.25, -0.2) is 0 Å². The van der Waals surface area contributed by atoms with Gasteiger partial charge in [0.25, 0.3) is 0 Å². The first-order valence-corrected chi connectivity index (χ1v) is 8.24. The third-order valence-corrected chi connectivity index (χ3v) is 4.51. The summed E-state index contributed by atoms with van der Waals surface area (Å²) in [7, 11) is 0. The Morgan fingerprint density at radius 3 is 2.57 bits per heavy atom. The summed E-state index contributed by atoms with van der Waals surface area (Å²) in [5.41, 5.74) is 4.53. The van der Waals surface area contributed by atoms with Gasteiger partial charge in [-0.2, -0.15) is 0 Å². The van der Waals surface area contributed by atoms with Gasteiger partial charge in [-0.3, -0.25) is 9.69 Å². The highest BCUT2D eigenvalue weighted by atomic mass is 16.3. The number of piperidine rings is 1. The molecule has 0 spiro atoms. The third kappa shape index (κ3) is 3.87. The number of aliphatic hydroxyl groups excluding tert-OH is 1. The van der Waals surface area contributed by atoms with Crippen molar-refractivity contribution in [1.82, 2.24) is 4.90 Å². The highest BCUT2D eigenvalue weighted by Gasteiger charge is 2.17. The van der Waals surface area contributed by atoms with Gasteiger partial charge in [-0.15, -0.1) is 0 Å². The van der Waals surface area contributed by atoms with Gasteiger partial charge in [0, 0.05) is 32.5 Å². The first-order valence-electron chi connectivity index (χ1n) is 8.24. The molecule has 1 fully saturated rings. The van der Waals surface area contributed by atoms with Crippen molar-refractivity contribution in [2.24, 2.45) is 0 Å². The second kappa shape index (κ2) is 7.07. The highest BCUT2D eigenvalue weighted by molar-refractivity contribution is 5.79. The van der Waals surface area contributed by atoms with Crippen LogP contribution in [0.1, 0.15) is 37.0 Å². The van der Waals surface area contributed by atoms with E-state index < -0.39 is 6.10 Å². The Labute approximate surface area is 137 Å². The first kappa shape index (κ1) is 15.9. The minimum Gasteiger partial charge on any atom is -0.389 e. The fourth-order valence-corrected chi connectivity index (χ4v) is 3.11. The zero-order chi connectivity index (χ0) is 16.2. The molecule has 3 rings (SSSR count).